The van der Waals surface area contributed by atoms with Gasteiger partial charge in [-0.05, 0) is 24.6 Å². The van der Waals surface area contributed by atoms with Gasteiger partial charge in [-0.2, -0.15) is 8.78 Å². The lowest BCUT2D eigenvalue weighted by molar-refractivity contribution is -0.159. The largest absolute Gasteiger partial charge is 0.461 e. The van der Waals surface area contributed by atoms with Crippen molar-refractivity contribution >= 4 is 29.3 Å². The van der Waals surface area contributed by atoms with Crippen LogP contribution in [0.3, 0.4) is 0 Å². The number of carbonyl (C=O) groups excluding carboxylic acids is 1. The van der Waals surface area contributed by atoms with Crippen molar-refractivity contribution in [2.75, 3.05) is 6.61 Å². The van der Waals surface area contributed by atoms with E-state index in [4.69, 9.17) is 11.6 Å². The van der Waals surface area contributed by atoms with E-state index in [1.807, 2.05) is 0 Å². The van der Waals surface area contributed by atoms with Crippen molar-refractivity contribution in [2.45, 2.75) is 17.9 Å². The highest BCUT2D eigenvalue weighted by Crippen LogP contribution is 2.33. The SMILES string of the molecule is CCOC(=O)C(F)(F)SCc1ccc(Cl)cc1. The Labute approximate surface area is 107 Å². The maximum Gasteiger partial charge on any atom is 0.389 e. The molecule has 0 saturated heterocycles. The van der Waals surface area contributed by atoms with Gasteiger partial charge in [0, 0.05) is 10.8 Å². The van der Waals surface area contributed by atoms with E-state index in [0.29, 0.717) is 10.6 Å². The summed E-state index contributed by atoms with van der Waals surface area (Å²) >= 11 is 5.90. The summed E-state index contributed by atoms with van der Waals surface area (Å²) in [7, 11) is 0. The van der Waals surface area contributed by atoms with Crippen LogP contribution in [-0.2, 0) is 15.3 Å². The number of carbonyl (C=O) groups is 1. The average Bonchev–Trinajstić information content (AvgIpc) is 2.29. The molecule has 0 N–H and O–H groups in total. The fourth-order valence-electron chi connectivity index (χ4n) is 1.03. The Morgan fingerprint density at radius 1 is 1.41 bits per heavy atom. The molecule has 0 aliphatic heterocycles. The summed E-state index contributed by atoms with van der Waals surface area (Å²) in [4.78, 5) is 10.9. The van der Waals surface area contributed by atoms with Gasteiger partial charge in [-0.1, -0.05) is 35.5 Å². The summed E-state index contributed by atoms with van der Waals surface area (Å²) < 4.78 is 30.7. The minimum Gasteiger partial charge on any atom is -0.461 e. The number of hydrogen-bond donors (Lipinski definition) is 0. The second-order valence-corrected chi connectivity index (χ2v) is 4.68. The third-order valence-electron chi connectivity index (χ3n) is 1.85. The van der Waals surface area contributed by atoms with Crippen molar-refractivity contribution < 1.29 is 18.3 Å². The van der Waals surface area contributed by atoms with Gasteiger partial charge in [0.05, 0.1) is 6.61 Å². The molecular weight excluding hydrogens is 270 g/mol. The molecule has 0 atom stereocenters. The molecule has 17 heavy (non-hydrogen) atoms. The smallest absolute Gasteiger partial charge is 0.389 e. The van der Waals surface area contributed by atoms with Crippen LogP contribution >= 0.6 is 23.4 Å². The number of thioether (sulfide) groups is 1. The van der Waals surface area contributed by atoms with Gasteiger partial charge in [-0.25, -0.2) is 4.79 Å². The Bertz CT molecular complexity index is 382. The molecule has 0 radical (unpaired) electrons. The van der Waals surface area contributed by atoms with Gasteiger partial charge in [0.15, 0.2) is 0 Å². The zero-order valence-electron chi connectivity index (χ0n) is 9.08. The Morgan fingerprint density at radius 3 is 2.53 bits per heavy atom. The Balaban J connectivity index is 2.54. The summed E-state index contributed by atoms with van der Waals surface area (Å²) in [5.41, 5.74) is 0.670. The first-order valence-electron chi connectivity index (χ1n) is 4.89. The molecule has 2 nitrogen and oxygen atoms in total. The van der Waals surface area contributed by atoms with Gasteiger partial charge in [0.2, 0.25) is 0 Å². The first kappa shape index (κ1) is 14.3. The van der Waals surface area contributed by atoms with E-state index in [9.17, 15) is 13.6 Å². The molecule has 0 fully saturated rings. The monoisotopic (exact) mass is 280 g/mol. The Morgan fingerprint density at radius 2 is 2.00 bits per heavy atom. The number of benzene rings is 1. The molecule has 1 rings (SSSR count). The topological polar surface area (TPSA) is 26.3 Å². The van der Waals surface area contributed by atoms with Crippen molar-refractivity contribution in [3.05, 3.63) is 34.9 Å². The van der Waals surface area contributed by atoms with E-state index in [0.717, 1.165) is 0 Å². The molecule has 0 amide bonds. The van der Waals surface area contributed by atoms with Crippen LogP contribution in [0, 0.1) is 0 Å². The number of hydrogen-bond acceptors (Lipinski definition) is 3. The molecule has 0 saturated carbocycles. The maximum atomic E-state index is 13.2. The molecule has 0 unspecified atom stereocenters. The molecule has 0 aliphatic carbocycles. The van der Waals surface area contributed by atoms with E-state index < -0.39 is 11.2 Å². The number of rotatable bonds is 5. The summed E-state index contributed by atoms with van der Waals surface area (Å²) in [6.07, 6.45) is 0. The van der Waals surface area contributed by atoms with Crippen molar-refractivity contribution in [3.8, 4) is 0 Å². The zero-order valence-corrected chi connectivity index (χ0v) is 10.7. The Hall–Kier alpha value is -0.810. The third-order valence-corrected chi connectivity index (χ3v) is 3.11. The van der Waals surface area contributed by atoms with E-state index in [1.54, 1.807) is 24.3 Å². The highest BCUT2D eigenvalue weighted by atomic mass is 35.5. The van der Waals surface area contributed by atoms with Crippen LogP contribution in [0.1, 0.15) is 12.5 Å². The number of ether oxygens (including phenoxy) is 1. The minimum atomic E-state index is -3.52. The van der Waals surface area contributed by atoms with E-state index in [1.165, 1.54) is 6.92 Å². The second kappa shape index (κ2) is 6.21. The Kier molecular flexibility index (Phi) is 5.21. The quantitative estimate of drug-likeness (QED) is 0.769. The number of halogens is 3. The van der Waals surface area contributed by atoms with Gasteiger partial charge < -0.3 is 4.74 Å². The highest BCUT2D eigenvalue weighted by molar-refractivity contribution is 8.00. The summed E-state index contributed by atoms with van der Waals surface area (Å²) in [6.45, 7) is 1.42. The molecule has 0 aliphatic rings. The van der Waals surface area contributed by atoms with Crippen molar-refractivity contribution in [1.82, 2.24) is 0 Å². The lowest BCUT2D eigenvalue weighted by atomic mass is 10.2. The predicted molar refractivity (Wildman–Crippen MR) is 64.3 cm³/mol. The van der Waals surface area contributed by atoms with Gasteiger partial charge in [0.25, 0.3) is 0 Å². The minimum absolute atomic E-state index is 0.0168. The van der Waals surface area contributed by atoms with Crippen LogP contribution in [0.5, 0.6) is 0 Å². The lowest BCUT2D eigenvalue weighted by Crippen LogP contribution is -2.27. The lowest BCUT2D eigenvalue weighted by Gasteiger charge is -2.13. The van der Waals surface area contributed by atoms with Crippen LogP contribution in [-0.4, -0.2) is 17.8 Å². The van der Waals surface area contributed by atoms with Crippen LogP contribution < -0.4 is 0 Å². The molecule has 0 aromatic heterocycles. The van der Waals surface area contributed by atoms with Gasteiger partial charge >= 0.3 is 11.2 Å². The molecule has 0 heterocycles. The molecule has 94 valence electrons. The number of alkyl halides is 2. The van der Waals surface area contributed by atoms with Crippen LogP contribution in [0.4, 0.5) is 8.78 Å². The average molecular weight is 281 g/mol. The summed E-state index contributed by atoms with van der Waals surface area (Å²) in [5, 5.41) is -2.98. The molecular formula is C11H11ClF2O2S. The van der Waals surface area contributed by atoms with E-state index in [2.05, 4.69) is 4.74 Å². The highest BCUT2D eigenvalue weighted by Gasteiger charge is 2.41. The van der Waals surface area contributed by atoms with Crippen LogP contribution in [0.15, 0.2) is 24.3 Å². The molecule has 6 heteroatoms. The van der Waals surface area contributed by atoms with Gasteiger partial charge in [-0.15, -0.1) is 0 Å². The third kappa shape index (κ3) is 4.52. The molecule has 1 aromatic rings. The zero-order chi connectivity index (χ0) is 12.9. The maximum absolute atomic E-state index is 13.2. The molecule has 0 bridgehead atoms. The first-order valence-corrected chi connectivity index (χ1v) is 6.25. The fraction of sp³-hybridized carbons (Fsp3) is 0.364. The van der Waals surface area contributed by atoms with E-state index in [-0.39, 0.29) is 24.1 Å². The second-order valence-electron chi connectivity index (χ2n) is 3.15. The fourth-order valence-corrected chi connectivity index (χ4v) is 1.87. The molecule has 0 spiro atoms. The van der Waals surface area contributed by atoms with E-state index >= 15 is 0 Å². The first-order chi connectivity index (χ1) is 7.95. The van der Waals surface area contributed by atoms with Crippen LogP contribution in [0.2, 0.25) is 5.02 Å². The standard InChI is InChI=1S/C11H11ClF2O2S/c1-2-16-10(15)11(13,14)17-7-8-3-5-9(12)6-4-8/h3-6H,2,7H2,1H3. The summed E-state index contributed by atoms with van der Waals surface area (Å²) in [5.74, 6) is -1.48. The normalized spacial score (nSPS) is 11.3. The van der Waals surface area contributed by atoms with Gasteiger partial charge in [-0.3, -0.25) is 0 Å². The van der Waals surface area contributed by atoms with Crippen LogP contribution in [0.25, 0.3) is 0 Å². The van der Waals surface area contributed by atoms with Crippen molar-refractivity contribution in [3.63, 3.8) is 0 Å². The van der Waals surface area contributed by atoms with Gasteiger partial charge in [0.1, 0.15) is 0 Å². The van der Waals surface area contributed by atoms with Crippen molar-refractivity contribution in [2.24, 2.45) is 0 Å². The predicted octanol–water partition coefficient (Wildman–Crippen LogP) is 3.73. The molecule has 1 aromatic carbocycles. The summed E-state index contributed by atoms with van der Waals surface area (Å²) in [6, 6.07) is 6.49. The van der Waals surface area contributed by atoms with Crippen molar-refractivity contribution in [1.29, 1.82) is 0 Å². The number of esters is 1.